The molecular formula is C11H9FNO5-. The van der Waals surface area contributed by atoms with Crippen LogP contribution in [-0.2, 0) is 9.53 Å². The Morgan fingerprint density at radius 3 is 2.78 bits per heavy atom. The van der Waals surface area contributed by atoms with Gasteiger partial charge in [0.25, 0.3) is 5.69 Å². The van der Waals surface area contributed by atoms with Gasteiger partial charge < -0.3 is 9.84 Å². The first-order chi connectivity index (χ1) is 8.45. The molecule has 0 spiro atoms. The summed E-state index contributed by atoms with van der Waals surface area (Å²) in [5.41, 5.74) is -0.743. The van der Waals surface area contributed by atoms with Gasteiger partial charge in [-0.2, -0.15) is 0 Å². The number of nitro groups is 1. The molecule has 1 rings (SSSR count). The van der Waals surface area contributed by atoms with Crippen molar-refractivity contribution in [3.63, 3.8) is 0 Å². The van der Waals surface area contributed by atoms with E-state index in [9.17, 15) is 24.4 Å². The van der Waals surface area contributed by atoms with Crippen molar-refractivity contribution < 1.29 is 24.0 Å². The highest BCUT2D eigenvalue weighted by molar-refractivity contribution is 5.91. The standard InChI is InChI=1S/C11H10FNO5/c1-2-18-11(15)10(14)5-7-3-4-8(12)6-9(7)13(16)17/h3-6,14H,2H2,1H3/p-1/b10-5+. The molecule has 0 fully saturated rings. The number of nitrogens with zero attached hydrogens (tertiary/aromatic N) is 1. The number of carbonyl (C=O) groups is 1. The summed E-state index contributed by atoms with van der Waals surface area (Å²) in [6.07, 6.45) is 0.746. The third kappa shape index (κ3) is 3.27. The average Bonchev–Trinajstić information content (AvgIpc) is 2.31. The van der Waals surface area contributed by atoms with Crippen LogP contribution in [0.4, 0.5) is 10.1 Å². The Labute approximate surface area is 101 Å². The minimum absolute atomic E-state index is 0.0178. The zero-order valence-electron chi connectivity index (χ0n) is 9.38. The Kier molecular flexibility index (Phi) is 4.36. The second-order valence-corrected chi connectivity index (χ2v) is 3.19. The van der Waals surface area contributed by atoms with Crippen molar-refractivity contribution in [3.05, 3.63) is 45.5 Å². The smallest absolute Gasteiger partial charge is 0.322 e. The molecule has 18 heavy (non-hydrogen) atoms. The van der Waals surface area contributed by atoms with Gasteiger partial charge in [0, 0.05) is 0 Å². The maximum absolute atomic E-state index is 12.8. The summed E-state index contributed by atoms with van der Waals surface area (Å²) in [6.45, 7) is 1.54. The predicted octanol–water partition coefficient (Wildman–Crippen LogP) is 0.998. The minimum Gasteiger partial charge on any atom is -0.868 e. The van der Waals surface area contributed by atoms with Crippen LogP contribution in [0.3, 0.4) is 0 Å². The minimum atomic E-state index is -1.11. The van der Waals surface area contributed by atoms with Crippen LogP contribution in [0.25, 0.3) is 6.08 Å². The summed E-state index contributed by atoms with van der Waals surface area (Å²) in [4.78, 5) is 20.9. The molecule has 0 saturated carbocycles. The van der Waals surface area contributed by atoms with E-state index in [-0.39, 0.29) is 12.2 Å². The normalized spacial score (nSPS) is 11.1. The van der Waals surface area contributed by atoms with E-state index in [0.29, 0.717) is 6.07 Å². The highest BCUT2D eigenvalue weighted by Crippen LogP contribution is 2.21. The number of rotatable bonds is 4. The summed E-state index contributed by atoms with van der Waals surface area (Å²) in [5, 5.41) is 22.0. The van der Waals surface area contributed by atoms with E-state index < -0.39 is 28.2 Å². The van der Waals surface area contributed by atoms with E-state index in [1.807, 2.05) is 0 Å². The summed E-state index contributed by atoms with van der Waals surface area (Å²) < 4.78 is 17.3. The first-order valence-corrected chi connectivity index (χ1v) is 4.95. The Balaban J connectivity index is 3.14. The van der Waals surface area contributed by atoms with Gasteiger partial charge in [-0.25, -0.2) is 9.18 Å². The monoisotopic (exact) mass is 254 g/mol. The largest absolute Gasteiger partial charge is 0.868 e. The molecule has 0 amide bonds. The number of benzene rings is 1. The van der Waals surface area contributed by atoms with E-state index >= 15 is 0 Å². The average molecular weight is 254 g/mol. The van der Waals surface area contributed by atoms with Crippen molar-refractivity contribution in [3.8, 4) is 0 Å². The molecule has 7 heteroatoms. The van der Waals surface area contributed by atoms with Crippen LogP contribution in [0.5, 0.6) is 0 Å². The Hall–Kier alpha value is -2.44. The summed E-state index contributed by atoms with van der Waals surface area (Å²) in [5.74, 6) is -2.95. The van der Waals surface area contributed by atoms with E-state index in [4.69, 9.17) is 0 Å². The topological polar surface area (TPSA) is 92.5 Å². The Morgan fingerprint density at radius 2 is 2.22 bits per heavy atom. The molecular weight excluding hydrogens is 245 g/mol. The molecule has 0 saturated heterocycles. The van der Waals surface area contributed by atoms with Gasteiger partial charge in [-0.05, 0) is 30.9 Å². The first kappa shape index (κ1) is 13.6. The molecule has 0 aromatic heterocycles. The molecule has 0 heterocycles. The third-order valence-corrected chi connectivity index (χ3v) is 1.95. The summed E-state index contributed by atoms with van der Waals surface area (Å²) >= 11 is 0. The van der Waals surface area contributed by atoms with Crippen LogP contribution in [-0.4, -0.2) is 17.5 Å². The number of nitro benzene ring substituents is 1. The van der Waals surface area contributed by atoms with Crippen molar-refractivity contribution in [1.82, 2.24) is 0 Å². The van der Waals surface area contributed by atoms with Crippen molar-refractivity contribution in [2.24, 2.45) is 0 Å². The van der Waals surface area contributed by atoms with E-state index in [1.54, 1.807) is 0 Å². The quantitative estimate of drug-likeness (QED) is 0.263. The molecule has 0 atom stereocenters. The molecule has 0 unspecified atom stereocenters. The van der Waals surface area contributed by atoms with Crippen molar-refractivity contribution in [2.75, 3.05) is 6.61 Å². The number of esters is 1. The molecule has 0 aliphatic carbocycles. The predicted molar refractivity (Wildman–Crippen MR) is 57.7 cm³/mol. The zero-order chi connectivity index (χ0) is 13.7. The lowest BCUT2D eigenvalue weighted by Gasteiger charge is -2.10. The molecule has 0 N–H and O–H groups in total. The maximum atomic E-state index is 12.8. The number of ether oxygens (including phenoxy) is 1. The molecule has 0 bridgehead atoms. The number of halogens is 1. The van der Waals surface area contributed by atoms with Crippen LogP contribution in [0, 0.1) is 15.9 Å². The SMILES string of the molecule is CCOC(=O)/C([O-])=C\c1ccc(F)cc1[N+](=O)[O-]. The Bertz CT molecular complexity index is 512. The fraction of sp³-hybridized carbons (Fsp3) is 0.182. The lowest BCUT2D eigenvalue weighted by molar-refractivity contribution is -0.385. The van der Waals surface area contributed by atoms with Gasteiger partial charge in [-0.1, -0.05) is 0 Å². The van der Waals surface area contributed by atoms with E-state index in [2.05, 4.69) is 4.74 Å². The molecule has 1 aromatic carbocycles. The second kappa shape index (κ2) is 5.76. The van der Waals surface area contributed by atoms with E-state index in [0.717, 1.165) is 18.2 Å². The van der Waals surface area contributed by atoms with Crippen LogP contribution >= 0.6 is 0 Å². The molecule has 0 aliphatic heterocycles. The fourth-order valence-corrected chi connectivity index (χ4v) is 1.20. The molecule has 6 nitrogen and oxygen atoms in total. The van der Waals surface area contributed by atoms with Gasteiger partial charge in [-0.15, -0.1) is 0 Å². The molecule has 96 valence electrons. The van der Waals surface area contributed by atoms with Gasteiger partial charge in [0.1, 0.15) is 5.82 Å². The number of hydrogen-bond acceptors (Lipinski definition) is 5. The van der Waals surface area contributed by atoms with Crippen molar-refractivity contribution in [1.29, 1.82) is 0 Å². The summed E-state index contributed by atoms with van der Waals surface area (Å²) in [6, 6.07) is 2.67. The van der Waals surface area contributed by atoms with Crippen LogP contribution in [0.1, 0.15) is 12.5 Å². The number of carbonyl (C=O) groups excluding carboxylic acids is 1. The second-order valence-electron chi connectivity index (χ2n) is 3.19. The molecule has 1 aromatic rings. The van der Waals surface area contributed by atoms with Gasteiger partial charge in [0.15, 0.2) is 0 Å². The summed E-state index contributed by atoms with van der Waals surface area (Å²) in [7, 11) is 0. The van der Waals surface area contributed by atoms with Crippen molar-refractivity contribution in [2.45, 2.75) is 6.92 Å². The lowest BCUT2D eigenvalue weighted by Crippen LogP contribution is -2.18. The van der Waals surface area contributed by atoms with Crippen molar-refractivity contribution >= 4 is 17.7 Å². The van der Waals surface area contributed by atoms with Gasteiger partial charge in [0.2, 0.25) is 0 Å². The van der Waals surface area contributed by atoms with Gasteiger partial charge in [-0.3, -0.25) is 10.1 Å². The maximum Gasteiger partial charge on any atom is 0.322 e. The first-order valence-electron chi connectivity index (χ1n) is 4.95. The van der Waals surface area contributed by atoms with E-state index in [1.165, 1.54) is 6.92 Å². The van der Waals surface area contributed by atoms with Crippen LogP contribution < -0.4 is 5.11 Å². The highest BCUT2D eigenvalue weighted by Gasteiger charge is 2.13. The lowest BCUT2D eigenvalue weighted by atomic mass is 10.1. The van der Waals surface area contributed by atoms with Gasteiger partial charge in [0.05, 0.1) is 23.2 Å². The van der Waals surface area contributed by atoms with Crippen LogP contribution in [0.2, 0.25) is 0 Å². The fourth-order valence-electron chi connectivity index (χ4n) is 1.20. The third-order valence-electron chi connectivity index (χ3n) is 1.95. The highest BCUT2D eigenvalue weighted by atomic mass is 19.1. The zero-order valence-corrected chi connectivity index (χ0v) is 9.38. The molecule has 0 radical (unpaired) electrons. The van der Waals surface area contributed by atoms with Gasteiger partial charge >= 0.3 is 5.97 Å². The number of hydrogen-bond donors (Lipinski definition) is 0. The van der Waals surface area contributed by atoms with Crippen LogP contribution in [0.15, 0.2) is 24.0 Å². The molecule has 0 aliphatic rings. The Morgan fingerprint density at radius 1 is 1.56 bits per heavy atom.